The fourth-order valence-corrected chi connectivity index (χ4v) is 6.35. The standard InChI is InChI=1S/C23H31NO4/c1-15(23-11-16-7-17(12-23)9-18(8-16)13-23)24-21(25)14-28-22(26)10-19-5-3-4-6-20(19)27-2/h3-6,15-18H,7-14H2,1-2H3,(H,24,25)/t15-,16?,17?,18?,23?/m1/s1. The van der Waals surface area contributed by atoms with Crippen molar-refractivity contribution in [2.24, 2.45) is 23.2 Å². The molecule has 4 bridgehead atoms. The molecule has 0 unspecified atom stereocenters. The number of benzene rings is 1. The third-order valence-corrected chi connectivity index (χ3v) is 7.27. The van der Waals surface area contributed by atoms with Crippen LogP contribution in [0.3, 0.4) is 0 Å². The Balaban J connectivity index is 1.27. The van der Waals surface area contributed by atoms with Crippen molar-refractivity contribution in [3.8, 4) is 5.75 Å². The van der Waals surface area contributed by atoms with Crippen LogP contribution in [0, 0.1) is 23.2 Å². The smallest absolute Gasteiger partial charge is 0.310 e. The normalized spacial score (nSPS) is 31.3. The summed E-state index contributed by atoms with van der Waals surface area (Å²) in [7, 11) is 1.57. The Labute approximate surface area is 167 Å². The largest absolute Gasteiger partial charge is 0.496 e. The predicted octanol–water partition coefficient (Wildman–Crippen LogP) is 3.50. The molecule has 4 aliphatic carbocycles. The zero-order valence-electron chi connectivity index (χ0n) is 16.9. The Bertz CT molecular complexity index is 709. The summed E-state index contributed by atoms with van der Waals surface area (Å²) in [6.45, 7) is 1.92. The van der Waals surface area contributed by atoms with E-state index in [1.54, 1.807) is 7.11 Å². The summed E-state index contributed by atoms with van der Waals surface area (Å²) in [6, 6.07) is 7.48. The number of nitrogens with one attached hydrogen (secondary N) is 1. The summed E-state index contributed by atoms with van der Waals surface area (Å²) >= 11 is 0. The average Bonchev–Trinajstić information content (AvgIpc) is 2.66. The van der Waals surface area contributed by atoms with Crippen molar-refractivity contribution in [1.82, 2.24) is 5.32 Å². The molecular formula is C23H31NO4. The molecule has 0 spiro atoms. The molecule has 1 aromatic carbocycles. The number of esters is 1. The van der Waals surface area contributed by atoms with Crippen LogP contribution in [0.4, 0.5) is 0 Å². The molecule has 1 aromatic rings. The first-order valence-electron chi connectivity index (χ1n) is 10.5. The minimum Gasteiger partial charge on any atom is -0.496 e. The van der Waals surface area contributed by atoms with Crippen molar-refractivity contribution in [3.05, 3.63) is 29.8 Å². The first-order valence-corrected chi connectivity index (χ1v) is 10.5. The number of amides is 1. The minimum atomic E-state index is -0.415. The maximum Gasteiger partial charge on any atom is 0.310 e. The van der Waals surface area contributed by atoms with E-state index in [1.165, 1.54) is 38.5 Å². The van der Waals surface area contributed by atoms with Crippen LogP contribution in [0.5, 0.6) is 5.75 Å². The molecule has 5 rings (SSSR count). The Morgan fingerprint density at radius 1 is 1.11 bits per heavy atom. The van der Waals surface area contributed by atoms with Crippen LogP contribution in [0.1, 0.15) is 51.0 Å². The summed E-state index contributed by atoms with van der Waals surface area (Å²) in [5, 5.41) is 3.14. The van der Waals surface area contributed by atoms with Crippen LogP contribution < -0.4 is 10.1 Å². The summed E-state index contributed by atoms with van der Waals surface area (Å²) in [6.07, 6.45) is 8.00. The van der Waals surface area contributed by atoms with Crippen molar-refractivity contribution in [2.45, 2.75) is 57.9 Å². The molecule has 4 saturated carbocycles. The lowest BCUT2D eigenvalue weighted by atomic mass is 9.48. The second-order valence-corrected chi connectivity index (χ2v) is 9.22. The van der Waals surface area contributed by atoms with Crippen molar-refractivity contribution in [1.29, 1.82) is 0 Å². The Morgan fingerprint density at radius 3 is 2.32 bits per heavy atom. The molecule has 0 aliphatic heterocycles. The molecule has 1 N–H and O–H groups in total. The van der Waals surface area contributed by atoms with Gasteiger partial charge in [0.1, 0.15) is 5.75 Å². The van der Waals surface area contributed by atoms with Gasteiger partial charge in [0.2, 0.25) is 0 Å². The first kappa shape index (κ1) is 19.3. The van der Waals surface area contributed by atoms with Crippen molar-refractivity contribution in [2.75, 3.05) is 13.7 Å². The summed E-state index contributed by atoms with van der Waals surface area (Å²) in [4.78, 5) is 24.5. The number of methoxy groups -OCH3 is 1. The van der Waals surface area contributed by atoms with Gasteiger partial charge < -0.3 is 14.8 Å². The SMILES string of the molecule is COc1ccccc1CC(=O)OCC(=O)N[C@H](C)C12CC3CC(CC(C3)C1)C2. The second kappa shape index (κ2) is 7.76. The van der Waals surface area contributed by atoms with Crippen molar-refractivity contribution < 1.29 is 19.1 Å². The number of hydrogen-bond acceptors (Lipinski definition) is 4. The molecule has 4 aliphatic rings. The van der Waals surface area contributed by atoms with Gasteiger partial charge in [-0.15, -0.1) is 0 Å². The number of para-hydroxylation sites is 1. The molecule has 5 heteroatoms. The van der Waals surface area contributed by atoms with E-state index < -0.39 is 5.97 Å². The predicted molar refractivity (Wildman–Crippen MR) is 106 cm³/mol. The quantitative estimate of drug-likeness (QED) is 0.730. The van der Waals surface area contributed by atoms with Gasteiger partial charge in [-0.25, -0.2) is 0 Å². The molecule has 28 heavy (non-hydrogen) atoms. The number of carbonyl (C=O) groups is 2. The fraction of sp³-hybridized carbons (Fsp3) is 0.652. The number of ether oxygens (including phenoxy) is 2. The van der Waals surface area contributed by atoms with Crippen molar-refractivity contribution in [3.63, 3.8) is 0 Å². The van der Waals surface area contributed by atoms with E-state index in [0.29, 0.717) is 5.75 Å². The van der Waals surface area contributed by atoms with E-state index in [0.717, 1.165) is 23.3 Å². The molecule has 1 amide bonds. The van der Waals surface area contributed by atoms with Crippen LogP contribution in [0.15, 0.2) is 24.3 Å². The van der Waals surface area contributed by atoms with Crippen LogP contribution >= 0.6 is 0 Å². The molecule has 4 fully saturated rings. The van der Waals surface area contributed by atoms with Gasteiger partial charge in [-0.2, -0.15) is 0 Å². The van der Waals surface area contributed by atoms with Gasteiger partial charge >= 0.3 is 5.97 Å². The van der Waals surface area contributed by atoms with Gasteiger partial charge in [-0.1, -0.05) is 18.2 Å². The highest BCUT2D eigenvalue weighted by atomic mass is 16.5. The highest BCUT2D eigenvalue weighted by Gasteiger charge is 2.53. The first-order chi connectivity index (χ1) is 13.5. The minimum absolute atomic E-state index is 0.0990. The molecular weight excluding hydrogens is 354 g/mol. The third kappa shape index (κ3) is 3.89. The Morgan fingerprint density at radius 2 is 1.71 bits per heavy atom. The highest BCUT2D eigenvalue weighted by molar-refractivity contribution is 5.81. The zero-order valence-corrected chi connectivity index (χ0v) is 16.9. The van der Waals surface area contributed by atoms with E-state index in [-0.39, 0.29) is 30.4 Å². The molecule has 1 atom stereocenters. The lowest BCUT2D eigenvalue weighted by molar-refractivity contribution is -0.148. The van der Waals surface area contributed by atoms with Crippen LogP contribution in [-0.4, -0.2) is 31.6 Å². The summed E-state index contributed by atoms with van der Waals surface area (Å²) < 4.78 is 10.5. The molecule has 0 heterocycles. The van der Waals surface area contributed by atoms with Gasteiger partial charge in [0.15, 0.2) is 6.61 Å². The molecule has 0 saturated heterocycles. The maximum atomic E-state index is 12.4. The van der Waals surface area contributed by atoms with E-state index >= 15 is 0 Å². The van der Waals surface area contributed by atoms with E-state index in [4.69, 9.17) is 9.47 Å². The van der Waals surface area contributed by atoms with Gasteiger partial charge in [-0.3, -0.25) is 9.59 Å². The number of rotatable bonds is 7. The van der Waals surface area contributed by atoms with Gasteiger partial charge in [0.05, 0.1) is 13.5 Å². The monoisotopic (exact) mass is 385 g/mol. The average molecular weight is 386 g/mol. The topological polar surface area (TPSA) is 64.6 Å². The van der Waals surface area contributed by atoms with Gasteiger partial charge in [0.25, 0.3) is 5.91 Å². The van der Waals surface area contributed by atoms with Crippen LogP contribution in [0.2, 0.25) is 0 Å². The number of carbonyl (C=O) groups excluding carboxylic acids is 2. The third-order valence-electron chi connectivity index (χ3n) is 7.27. The second-order valence-electron chi connectivity index (χ2n) is 9.22. The lowest BCUT2D eigenvalue weighted by Crippen LogP contribution is -2.56. The van der Waals surface area contributed by atoms with Gasteiger partial charge in [-0.05, 0) is 74.7 Å². The molecule has 0 aromatic heterocycles. The number of hydrogen-bond donors (Lipinski definition) is 1. The Kier molecular flexibility index (Phi) is 5.35. The summed E-state index contributed by atoms with van der Waals surface area (Å²) in [5.41, 5.74) is 1.02. The van der Waals surface area contributed by atoms with E-state index in [9.17, 15) is 9.59 Å². The maximum absolute atomic E-state index is 12.4. The van der Waals surface area contributed by atoms with E-state index in [2.05, 4.69) is 12.2 Å². The molecule has 152 valence electrons. The zero-order chi connectivity index (χ0) is 19.7. The van der Waals surface area contributed by atoms with Crippen LogP contribution in [-0.2, 0) is 20.7 Å². The van der Waals surface area contributed by atoms with Gasteiger partial charge in [0, 0.05) is 11.6 Å². The fourth-order valence-electron chi connectivity index (χ4n) is 6.35. The Hall–Kier alpha value is -2.04. The highest BCUT2D eigenvalue weighted by Crippen LogP contribution is 2.61. The van der Waals surface area contributed by atoms with Crippen LogP contribution in [0.25, 0.3) is 0 Å². The summed E-state index contributed by atoms with van der Waals surface area (Å²) in [5.74, 6) is 2.59. The van der Waals surface area contributed by atoms with E-state index in [1.807, 2.05) is 24.3 Å². The lowest BCUT2D eigenvalue weighted by Gasteiger charge is -2.59. The molecule has 5 nitrogen and oxygen atoms in total. The molecule has 0 radical (unpaired) electrons. The van der Waals surface area contributed by atoms with Crippen molar-refractivity contribution >= 4 is 11.9 Å².